The fourth-order valence-electron chi connectivity index (χ4n) is 4.08. The van der Waals surface area contributed by atoms with Gasteiger partial charge in [0.25, 0.3) is 5.91 Å². The van der Waals surface area contributed by atoms with Gasteiger partial charge in [-0.25, -0.2) is 4.79 Å². The number of hydrogen-bond acceptors (Lipinski definition) is 5. The number of rotatable bonds is 11. The van der Waals surface area contributed by atoms with Crippen LogP contribution in [0.2, 0.25) is 5.02 Å². The molecule has 3 N–H and O–H groups in total. The van der Waals surface area contributed by atoms with E-state index in [1.54, 1.807) is 57.2 Å². The summed E-state index contributed by atoms with van der Waals surface area (Å²) < 4.78 is 5.41. The number of aliphatic hydroxyl groups is 1. The van der Waals surface area contributed by atoms with Crippen LogP contribution in [0.4, 0.5) is 10.5 Å². The average molecular weight is 558 g/mol. The molecule has 0 aliphatic rings. The molecule has 2 aromatic rings. The van der Waals surface area contributed by atoms with Crippen molar-refractivity contribution in [3.8, 4) is 0 Å². The highest BCUT2D eigenvalue weighted by molar-refractivity contribution is 6.34. The predicted molar refractivity (Wildman–Crippen MR) is 156 cm³/mol. The summed E-state index contributed by atoms with van der Waals surface area (Å²) in [5, 5.41) is 15.9. The molecule has 2 rings (SSSR count). The molecule has 0 spiro atoms. The van der Waals surface area contributed by atoms with Crippen LogP contribution in [0.3, 0.4) is 0 Å². The van der Waals surface area contributed by atoms with E-state index >= 15 is 0 Å². The highest BCUT2D eigenvalue weighted by atomic mass is 35.5. The molecule has 0 fully saturated rings. The van der Waals surface area contributed by atoms with E-state index in [-0.39, 0.29) is 12.5 Å². The van der Waals surface area contributed by atoms with Gasteiger partial charge in [0.05, 0.1) is 17.3 Å². The van der Waals surface area contributed by atoms with Crippen LogP contribution in [0, 0.1) is 12.8 Å². The lowest BCUT2D eigenvalue weighted by Crippen LogP contribution is -2.55. The number of anilines is 1. The van der Waals surface area contributed by atoms with E-state index in [1.807, 2.05) is 32.9 Å². The maximum Gasteiger partial charge on any atom is 0.408 e. The third-order valence-electron chi connectivity index (χ3n) is 6.27. The van der Waals surface area contributed by atoms with Crippen LogP contribution < -0.4 is 10.6 Å². The van der Waals surface area contributed by atoms with Gasteiger partial charge in [0.15, 0.2) is 0 Å². The van der Waals surface area contributed by atoms with Gasteiger partial charge in [0, 0.05) is 6.54 Å². The van der Waals surface area contributed by atoms with Gasteiger partial charge in [0.1, 0.15) is 17.7 Å². The van der Waals surface area contributed by atoms with E-state index in [4.69, 9.17) is 16.3 Å². The summed E-state index contributed by atoms with van der Waals surface area (Å²) in [4.78, 5) is 42.0. The molecule has 9 heteroatoms. The van der Waals surface area contributed by atoms with E-state index < -0.39 is 42.2 Å². The molecule has 0 saturated heterocycles. The first-order valence-electron chi connectivity index (χ1n) is 13.0. The Kier molecular flexibility index (Phi) is 11.6. The highest BCUT2D eigenvalue weighted by Gasteiger charge is 2.38. The number of ether oxygens (including phenoxy) is 1. The Balaban J connectivity index is 2.60. The van der Waals surface area contributed by atoms with Gasteiger partial charge >= 0.3 is 6.09 Å². The number of hydrogen-bond donors (Lipinski definition) is 3. The lowest BCUT2D eigenvalue weighted by atomic mass is 9.95. The number of alkyl carbamates (subject to hydrolysis) is 1. The predicted octanol–water partition coefficient (Wildman–Crippen LogP) is 5.73. The first-order chi connectivity index (χ1) is 18.3. The maximum atomic E-state index is 14.1. The van der Waals surface area contributed by atoms with Gasteiger partial charge in [-0.15, -0.1) is 0 Å². The van der Waals surface area contributed by atoms with Crippen LogP contribution in [0.5, 0.6) is 0 Å². The fraction of sp³-hybridized carbons (Fsp3) is 0.433. The molecule has 3 atom stereocenters. The number of nitrogens with zero attached hydrogens (tertiary/aromatic N) is 1. The Morgan fingerprint density at radius 3 is 2.41 bits per heavy atom. The first kappa shape index (κ1) is 31.9. The zero-order valence-electron chi connectivity index (χ0n) is 23.6. The standard InChI is InChI=1S/C30H40ClN3O5/c1-8-19(3)25(33-29(38)39-30(5,6)7)28(37)34(16-17-35)26(22-14-11-13-21(9-2)18-22)27(36)32-24-20(4)12-10-15-23(24)31/h9-15,18-19,25-26,35H,2,8,16-17H2,1,3-7H3,(H,32,36)(H,33,38). The second kappa shape index (κ2) is 14.1. The van der Waals surface area contributed by atoms with Crippen molar-refractivity contribution in [3.63, 3.8) is 0 Å². The summed E-state index contributed by atoms with van der Waals surface area (Å²) in [6.07, 6.45) is 1.47. The summed E-state index contributed by atoms with van der Waals surface area (Å²) >= 11 is 6.39. The molecule has 0 heterocycles. The van der Waals surface area contributed by atoms with Crippen molar-refractivity contribution in [2.24, 2.45) is 5.92 Å². The Labute approximate surface area is 236 Å². The monoisotopic (exact) mass is 557 g/mol. The quantitative estimate of drug-likeness (QED) is 0.327. The second-order valence-electron chi connectivity index (χ2n) is 10.5. The summed E-state index contributed by atoms with van der Waals surface area (Å²) in [7, 11) is 0. The molecule has 0 aromatic heterocycles. The van der Waals surface area contributed by atoms with Crippen LogP contribution in [-0.2, 0) is 14.3 Å². The van der Waals surface area contributed by atoms with Crippen LogP contribution >= 0.6 is 11.6 Å². The zero-order valence-corrected chi connectivity index (χ0v) is 24.3. The third kappa shape index (κ3) is 8.83. The molecule has 0 saturated carbocycles. The minimum Gasteiger partial charge on any atom is -0.444 e. The Morgan fingerprint density at radius 2 is 1.85 bits per heavy atom. The molecule has 8 nitrogen and oxygen atoms in total. The number of nitrogens with one attached hydrogen (secondary N) is 2. The largest absolute Gasteiger partial charge is 0.444 e. The zero-order chi connectivity index (χ0) is 29.3. The molecule has 0 aliphatic carbocycles. The van der Waals surface area contributed by atoms with Crippen LogP contribution in [-0.4, -0.2) is 52.7 Å². The number of carbonyl (C=O) groups is 3. The smallest absolute Gasteiger partial charge is 0.408 e. The minimum atomic E-state index is -1.15. The molecule has 0 bridgehead atoms. The molecule has 2 aromatic carbocycles. The summed E-state index contributed by atoms with van der Waals surface area (Å²) in [5.74, 6) is -1.33. The number of halogens is 1. The number of carbonyl (C=O) groups excluding carboxylic acids is 3. The fourth-order valence-corrected chi connectivity index (χ4v) is 4.35. The maximum absolute atomic E-state index is 14.1. The van der Waals surface area contributed by atoms with Gasteiger partial charge in [-0.2, -0.15) is 0 Å². The van der Waals surface area contributed by atoms with Crippen LogP contribution in [0.1, 0.15) is 63.8 Å². The number of benzene rings is 2. The van der Waals surface area contributed by atoms with Crippen molar-refractivity contribution in [2.45, 2.75) is 65.6 Å². The van der Waals surface area contributed by atoms with Crippen molar-refractivity contribution in [2.75, 3.05) is 18.5 Å². The Bertz CT molecular complexity index is 1160. The molecule has 3 amide bonds. The number of amides is 3. The normalized spacial score (nSPS) is 13.5. The SMILES string of the molecule is C=Cc1cccc(C(C(=O)Nc2c(C)cccc2Cl)N(CCO)C(=O)C(NC(=O)OC(C)(C)C)C(C)CC)c1. The molecular formula is C30H40ClN3O5. The summed E-state index contributed by atoms with van der Waals surface area (Å²) in [6.45, 7) is 14.0. The van der Waals surface area contributed by atoms with Gasteiger partial charge in [0.2, 0.25) is 5.91 Å². The van der Waals surface area contributed by atoms with Gasteiger partial charge in [-0.05, 0) is 62.4 Å². The third-order valence-corrected chi connectivity index (χ3v) is 6.58. The lowest BCUT2D eigenvalue weighted by Gasteiger charge is -2.36. The Morgan fingerprint density at radius 1 is 1.18 bits per heavy atom. The minimum absolute atomic E-state index is 0.153. The average Bonchev–Trinajstić information content (AvgIpc) is 2.87. The second-order valence-corrected chi connectivity index (χ2v) is 10.9. The van der Waals surface area contributed by atoms with Gasteiger partial charge in [-0.3, -0.25) is 9.59 Å². The number of para-hydroxylation sites is 1. The highest BCUT2D eigenvalue weighted by Crippen LogP contribution is 2.30. The van der Waals surface area contributed by atoms with Crippen molar-refractivity contribution in [1.29, 1.82) is 0 Å². The van der Waals surface area contributed by atoms with Gasteiger partial charge < -0.3 is 25.4 Å². The van der Waals surface area contributed by atoms with Crippen molar-refractivity contribution in [1.82, 2.24) is 10.2 Å². The molecule has 3 unspecified atom stereocenters. The summed E-state index contributed by atoms with van der Waals surface area (Å²) in [5.41, 5.74) is 1.67. The van der Waals surface area contributed by atoms with E-state index in [0.717, 1.165) is 11.1 Å². The van der Waals surface area contributed by atoms with Crippen LogP contribution in [0.15, 0.2) is 49.0 Å². The molecule has 39 heavy (non-hydrogen) atoms. The molecule has 212 valence electrons. The van der Waals surface area contributed by atoms with E-state index in [2.05, 4.69) is 17.2 Å². The lowest BCUT2D eigenvalue weighted by molar-refractivity contribution is -0.142. The van der Waals surface area contributed by atoms with Crippen LogP contribution in [0.25, 0.3) is 6.08 Å². The number of aliphatic hydroxyl groups excluding tert-OH is 1. The molecule has 0 aliphatic heterocycles. The van der Waals surface area contributed by atoms with Crippen molar-refractivity contribution >= 4 is 41.3 Å². The molecule has 0 radical (unpaired) electrons. The van der Waals surface area contributed by atoms with E-state index in [0.29, 0.717) is 22.7 Å². The van der Waals surface area contributed by atoms with Gasteiger partial charge in [-0.1, -0.05) is 74.9 Å². The molecular weight excluding hydrogens is 518 g/mol. The van der Waals surface area contributed by atoms with Crippen molar-refractivity contribution in [3.05, 3.63) is 70.8 Å². The van der Waals surface area contributed by atoms with E-state index in [9.17, 15) is 19.5 Å². The summed E-state index contributed by atoms with van der Waals surface area (Å²) in [6, 6.07) is 10.2. The first-order valence-corrected chi connectivity index (χ1v) is 13.4. The Hall–Kier alpha value is -3.36. The van der Waals surface area contributed by atoms with Crippen molar-refractivity contribution < 1.29 is 24.2 Å². The number of aryl methyl sites for hydroxylation is 1. The van der Waals surface area contributed by atoms with E-state index in [1.165, 1.54) is 4.90 Å². The topological polar surface area (TPSA) is 108 Å².